The van der Waals surface area contributed by atoms with Crippen molar-refractivity contribution in [3.63, 3.8) is 0 Å². The van der Waals surface area contributed by atoms with Crippen molar-refractivity contribution in [2.24, 2.45) is 0 Å². The highest BCUT2D eigenvalue weighted by Crippen LogP contribution is 2.40. The van der Waals surface area contributed by atoms with Gasteiger partial charge in [-0.2, -0.15) is 0 Å². The Labute approximate surface area is 119 Å². The Morgan fingerprint density at radius 2 is 2.11 bits per heavy atom. The van der Waals surface area contributed by atoms with Gasteiger partial charge in [-0.15, -0.1) is 23.1 Å². The molecule has 1 aromatic carbocycles. The third-order valence-corrected chi connectivity index (χ3v) is 5.36. The van der Waals surface area contributed by atoms with Gasteiger partial charge >= 0.3 is 0 Å². The lowest BCUT2D eigenvalue weighted by Crippen LogP contribution is -2.30. The van der Waals surface area contributed by atoms with Crippen LogP contribution in [0.2, 0.25) is 0 Å². The molecule has 1 aromatic heterocycles. The molecule has 0 saturated carbocycles. The van der Waals surface area contributed by atoms with Gasteiger partial charge in [-0.05, 0) is 23.6 Å². The minimum atomic E-state index is -0.450. The molecule has 0 N–H and O–H groups in total. The van der Waals surface area contributed by atoms with Crippen LogP contribution in [0.3, 0.4) is 0 Å². The van der Waals surface area contributed by atoms with Crippen LogP contribution in [0.15, 0.2) is 41.8 Å². The first kappa shape index (κ1) is 12.7. The summed E-state index contributed by atoms with van der Waals surface area (Å²) in [7, 11) is 0. The molecule has 3 rings (SSSR count). The number of benzene rings is 1. The summed E-state index contributed by atoms with van der Waals surface area (Å²) < 4.78 is 13.7. The Kier molecular flexibility index (Phi) is 3.57. The second-order valence-electron chi connectivity index (χ2n) is 4.22. The van der Waals surface area contributed by atoms with E-state index in [1.54, 1.807) is 46.2 Å². The third kappa shape index (κ3) is 2.40. The van der Waals surface area contributed by atoms with Gasteiger partial charge in [-0.3, -0.25) is 4.79 Å². The fraction of sp³-hybridized carbons (Fsp3) is 0.214. The zero-order valence-corrected chi connectivity index (χ0v) is 11.7. The number of carbonyl (C=O) groups is 1. The van der Waals surface area contributed by atoms with Gasteiger partial charge in [0.2, 0.25) is 0 Å². The highest BCUT2D eigenvalue weighted by atomic mass is 32.2. The molecule has 0 unspecified atom stereocenters. The molecule has 2 heterocycles. The smallest absolute Gasteiger partial charge is 0.258 e. The SMILES string of the molecule is O=C(c1ccccc1F)N1CCS[C@@H]1c1cccs1. The van der Waals surface area contributed by atoms with Crippen LogP contribution in [0.1, 0.15) is 20.6 Å². The standard InChI is InChI=1S/C14H12FNOS2/c15-11-5-2-1-4-10(11)13(17)16-7-9-19-14(16)12-6-3-8-18-12/h1-6,8,14H,7,9H2/t14-/m1/s1. The van der Waals surface area contributed by atoms with E-state index in [4.69, 9.17) is 0 Å². The van der Waals surface area contributed by atoms with Crippen molar-refractivity contribution in [2.75, 3.05) is 12.3 Å². The highest BCUT2D eigenvalue weighted by Gasteiger charge is 2.32. The van der Waals surface area contributed by atoms with Gasteiger partial charge in [-0.1, -0.05) is 18.2 Å². The van der Waals surface area contributed by atoms with Crippen LogP contribution in [0.25, 0.3) is 0 Å². The molecule has 1 atom stereocenters. The predicted molar refractivity (Wildman–Crippen MR) is 77.0 cm³/mol. The third-order valence-electron chi connectivity index (χ3n) is 3.04. The summed E-state index contributed by atoms with van der Waals surface area (Å²) in [6.45, 7) is 0.667. The monoisotopic (exact) mass is 293 g/mol. The highest BCUT2D eigenvalue weighted by molar-refractivity contribution is 7.99. The Morgan fingerprint density at radius 3 is 2.84 bits per heavy atom. The summed E-state index contributed by atoms with van der Waals surface area (Å²) >= 11 is 3.36. The van der Waals surface area contributed by atoms with E-state index in [1.807, 2.05) is 17.5 Å². The molecule has 1 aliphatic rings. The first-order chi connectivity index (χ1) is 9.27. The molecule has 98 valence electrons. The van der Waals surface area contributed by atoms with E-state index in [9.17, 15) is 9.18 Å². The van der Waals surface area contributed by atoms with Crippen LogP contribution in [-0.2, 0) is 0 Å². The molecule has 2 nitrogen and oxygen atoms in total. The van der Waals surface area contributed by atoms with E-state index in [1.165, 1.54) is 6.07 Å². The molecule has 1 saturated heterocycles. The Hall–Kier alpha value is -1.33. The number of rotatable bonds is 2. The molecule has 0 spiro atoms. The largest absolute Gasteiger partial charge is 0.321 e. The van der Waals surface area contributed by atoms with E-state index in [0.717, 1.165) is 10.6 Å². The van der Waals surface area contributed by atoms with Crippen molar-refractivity contribution in [1.29, 1.82) is 0 Å². The predicted octanol–water partition coefficient (Wildman–Crippen LogP) is 3.78. The molecular weight excluding hydrogens is 281 g/mol. The van der Waals surface area contributed by atoms with Crippen LogP contribution in [0, 0.1) is 5.82 Å². The van der Waals surface area contributed by atoms with Crippen LogP contribution in [0.4, 0.5) is 4.39 Å². The van der Waals surface area contributed by atoms with Gasteiger partial charge in [0, 0.05) is 17.2 Å². The number of nitrogens with zero attached hydrogens (tertiary/aromatic N) is 1. The van der Waals surface area contributed by atoms with Crippen molar-refractivity contribution in [3.8, 4) is 0 Å². The van der Waals surface area contributed by atoms with Crippen LogP contribution >= 0.6 is 23.1 Å². The van der Waals surface area contributed by atoms with Gasteiger partial charge in [0.1, 0.15) is 11.2 Å². The maximum atomic E-state index is 13.7. The Balaban J connectivity index is 1.89. The summed E-state index contributed by atoms with van der Waals surface area (Å²) in [4.78, 5) is 15.4. The first-order valence-electron chi connectivity index (χ1n) is 5.98. The normalized spacial score (nSPS) is 18.8. The number of thiophene rings is 1. The van der Waals surface area contributed by atoms with E-state index < -0.39 is 5.82 Å². The number of halogens is 1. The van der Waals surface area contributed by atoms with Crippen molar-refractivity contribution in [2.45, 2.75) is 5.37 Å². The quantitative estimate of drug-likeness (QED) is 0.840. The molecule has 0 bridgehead atoms. The molecule has 5 heteroatoms. The van der Waals surface area contributed by atoms with Gasteiger partial charge in [0.05, 0.1) is 5.56 Å². The minimum absolute atomic E-state index is 0.0205. The molecule has 0 radical (unpaired) electrons. The number of hydrogen-bond donors (Lipinski definition) is 0. The molecule has 0 aliphatic carbocycles. The lowest BCUT2D eigenvalue weighted by Gasteiger charge is -2.23. The maximum Gasteiger partial charge on any atom is 0.258 e. The molecule has 1 amide bonds. The fourth-order valence-electron chi connectivity index (χ4n) is 2.13. The molecule has 19 heavy (non-hydrogen) atoms. The number of hydrogen-bond acceptors (Lipinski definition) is 3. The molecule has 1 aliphatic heterocycles. The molecular formula is C14H12FNOS2. The fourth-order valence-corrected chi connectivity index (χ4v) is 4.37. The Morgan fingerprint density at radius 1 is 1.26 bits per heavy atom. The van der Waals surface area contributed by atoms with Crippen molar-refractivity contribution in [3.05, 3.63) is 58.0 Å². The lowest BCUT2D eigenvalue weighted by atomic mass is 10.2. The maximum absolute atomic E-state index is 13.7. The van der Waals surface area contributed by atoms with Crippen molar-refractivity contribution >= 4 is 29.0 Å². The number of amides is 1. The molecule has 1 fully saturated rings. The summed E-state index contributed by atoms with van der Waals surface area (Å²) in [5.41, 5.74) is 0.159. The summed E-state index contributed by atoms with van der Waals surface area (Å²) in [6.07, 6.45) is 0. The second-order valence-corrected chi connectivity index (χ2v) is 6.38. The van der Waals surface area contributed by atoms with Gasteiger partial charge in [0.25, 0.3) is 5.91 Å². The van der Waals surface area contributed by atoms with E-state index >= 15 is 0 Å². The minimum Gasteiger partial charge on any atom is -0.321 e. The zero-order chi connectivity index (χ0) is 13.2. The van der Waals surface area contributed by atoms with Crippen LogP contribution < -0.4 is 0 Å². The zero-order valence-electron chi connectivity index (χ0n) is 10.1. The second kappa shape index (κ2) is 5.35. The van der Waals surface area contributed by atoms with Gasteiger partial charge < -0.3 is 4.90 Å². The summed E-state index contributed by atoms with van der Waals surface area (Å²) in [5.74, 6) is 0.221. The number of carbonyl (C=O) groups excluding carboxylic acids is 1. The van der Waals surface area contributed by atoms with Gasteiger partial charge in [0.15, 0.2) is 0 Å². The Bertz CT molecular complexity index is 585. The van der Waals surface area contributed by atoms with Gasteiger partial charge in [-0.25, -0.2) is 4.39 Å². The van der Waals surface area contributed by atoms with E-state index in [0.29, 0.717) is 6.54 Å². The first-order valence-corrected chi connectivity index (χ1v) is 7.91. The average Bonchev–Trinajstić information content (AvgIpc) is 3.09. The summed E-state index contributed by atoms with van der Waals surface area (Å²) in [5, 5.41) is 2.02. The summed E-state index contributed by atoms with van der Waals surface area (Å²) in [6, 6.07) is 10.2. The number of thioether (sulfide) groups is 1. The van der Waals surface area contributed by atoms with E-state index in [-0.39, 0.29) is 16.8 Å². The molecule has 2 aromatic rings. The lowest BCUT2D eigenvalue weighted by molar-refractivity contribution is 0.0757. The van der Waals surface area contributed by atoms with Crippen molar-refractivity contribution < 1.29 is 9.18 Å². The van der Waals surface area contributed by atoms with Crippen molar-refractivity contribution in [1.82, 2.24) is 4.90 Å². The van der Waals surface area contributed by atoms with E-state index in [2.05, 4.69) is 0 Å². The average molecular weight is 293 g/mol. The van der Waals surface area contributed by atoms with Crippen LogP contribution in [0.5, 0.6) is 0 Å². The van der Waals surface area contributed by atoms with Crippen LogP contribution in [-0.4, -0.2) is 23.1 Å². The topological polar surface area (TPSA) is 20.3 Å².